The molecule has 0 atom stereocenters. The van der Waals surface area contributed by atoms with E-state index in [0.717, 1.165) is 5.56 Å². The zero-order valence-corrected chi connectivity index (χ0v) is 9.73. The third kappa shape index (κ3) is 3.37. The van der Waals surface area contributed by atoms with Gasteiger partial charge in [-0.3, -0.25) is 4.79 Å². The number of rotatable bonds is 4. The molecule has 0 bridgehead atoms. The molecule has 0 heterocycles. The molecular formula is C11H15N3O3. The zero-order valence-electron chi connectivity index (χ0n) is 9.73. The first-order valence-electron chi connectivity index (χ1n) is 4.97. The maximum atomic E-state index is 11.8. The van der Waals surface area contributed by atoms with Crippen molar-refractivity contribution in [1.82, 2.24) is 5.32 Å². The molecule has 0 aromatic heterocycles. The molecule has 0 unspecified atom stereocenters. The van der Waals surface area contributed by atoms with Crippen LogP contribution in [-0.2, 0) is 0 Å². The minimum absolute atomic E-state index is 0.0214. The van der Waals surface area contributed by atoms with Crippen LogP contribution in [0, 0.1) is 6.92 Å². The molecule has 1 aromatic carbocycles. The molecule has 0 aliphatic carbocycles. The number of methoxy groups -OCH3 is 1. The average molecular weight is 237 g/mol. The first-order chi connectivity index (χ1) is 8.08. The number of ether oxygens (including phenoxy) is 1. The summed E-state index contributed by atoms with van der Waals surface area (Å²) in [4.78, 5) is 11.8. The number of benzene rings is 1. The predicted octanol–water partition coefficient (Wildman–Crippen LogP) is 0.480. The second-order valence-corrected chi connectivity index (χ2v) is 3.48. The van der Waals surface area contributed by atoms with Crippen LogP contribution in [0.5, 0.6) is 5.75 Å². The highest BCUT2D eigenvalue weighted by Gasteiger charge is 2.12. The molecule has 0 radical (unpaired) electrons. The van der Waals surface area contributed by atoms with Crippen molar-refractivity contribution in [2.45, 2.75) is 6.92 Å². The van der Waals surface area contributed by atoms with E-state index in [4.69, 9.17) is 15.7 Å². The van der Waals surface area contributed by atoms with Gasteiger partial charge in [-0.05, 0) is 19.1 Å². The molecule has 92 valence electrons. The monoisotopic (exact) mass is 237 g/mol. The Balaban J connectivity index is 2.84. The summed E-state index contributed by atoms with van der Waals surface area (Å²) in [5.74, 6) is 0.0785. The molecule has 0 saturated heterocycles. The highest BCUT2D eigenvalue weighted by atomic mass is 16.5. The summed E-state index contributed by atoms with van der Waals surface area (Å²) in [5.41, 5.74) is 6.61. The number of hydrogen-bond donors (Lipinski definition) is 3. The Morgan fingerprint density at radius 3 is 2.88 bits per heavy atom. The third-order valence-electron chi connectivity index (χ3n) is 2.16. The standard InChI is InChI=1S/C11H15N3O3/c1-7-3-4-9(17-2)8(5-7)11(15)13-6-10(12)14-16/h3-5,16H,6H2,1-2H3,(H2,12,14)(H,13,15). The highest BCUT2D eigenvalue weighted by molar-refractivity contribution is 5.99. The van der Waals surface area contributed by atoms with E-state index in [2.05, 4.69) is 10.5 Å². The molecule has 0 aliphatic rings. The molecule has 6 heteroatoms. The van der Waals surface area contributed by atoms with Crippen molar-refractivity contribution in [2.75, 3.05) is 13.7 Å². The second kappa shape index (κ2) is 5.74. The largest absolute Gasteiger partial charge is 0.496 e. The van der Waals surface area contributed by atoms with Crippen LogP contribution in [0.2, 0.25) is 0 Å². The van der Waals surface area contributed by atoms with Gasteiger partial charge in [0.2, 0.25) is 0 Å². The summed E-state index contributed by atoms with van der Waals surface area (Å²) in [6.45, 7) is 1.85. The van der Waals surface area contributed by atoms with Crippen LogP contribution in [0.3, 0.4) is 0 Å². The fourth-order valence-electron chi connectivity index (χ4n) is 1.30. The zero-order chi connectivity index (χ0) is 12.8. The minimum atomic E-state index is -0.336. The van der Waals surface area contributed by atoms with Gasteiger partial charge in [-0.15, -0.1) is 0 Å². The number of amidine groups is 1. The number of carbonyl (C=O) groups excluding carboxylic acids is 1. The molecule has 1 aromatic rings. The summed E-state index contributed by atoms with van der Waals surface area (Å²) in [6, 6.07) is 5.27. The van der Waals surface area contributed by atoms with Crippen molar-refractivity contribution in [1.29, 1.82) is 0 Å². The number of oxime groups is 1. The smallest absolute Gasteiger partial charge is 0.255 e. The van der Waals surface area contributed by atoms with Crippen LogP contribution in [0.15, 0.2) is 23.4 Å². The number of carbonyl (C=O) groups is 1. The van der Waals surface area contributed by atoms with Gasteiger partial charge in [0.15, 0.2) is 5.84 Å². The van der Waals surface area contributed by atoms with Crippen LogP contribution in [0.4, 0.5) is 0 Å². The Labute approximate surface area is 99.1 Å². The summed E-state index contributed by atoms with van der Waals surface area (Å²) in [5, 5.41) is 13.6. The Bertz CT molecular complexity index is 444. The van der Waals surface area contributed by atoms with E-state index in [-0.39, 0.29) is 18.3 Å². The fraction of sp³-hybridized carbons (Fsp3) is 0.273. The summed E-state index contributed by atoms with van der Waals surface area (Å²) < 4.78 is 5.08. The molecule has 0 spiro atoms. The number of nitrogens with one attached hydrogen (secondary N) is 1. The van der Waals surface area contributed by atoms with Gasteiger partial charge in [0.25, 0.3) is 5.91 Å². The molecule has 1 amide bonds. The lowest BCUT2D eigenvalue weighted by atomic mass is 10.1. The van der Waals surface area contributed by atoms with Crippen molar-refractivity contribution in [3.8, 4) is 5.75 Å². The molecule has 0 aliphatic heterocycles. The van der Waals surface area contributed by atoms with Gasteiger partial charge in [-0.25, -0.2) is 0 Å². The van der Waals surface area contributed by atoms with E-state index in [1.54, 1.807) is 12.1 Å². The van der Waals surface area contributed by atoms with E-state index in [9.17, 15) is 4.79 Å². The maximum Gasteiger partial charge on any atom is 0.255 e. The number of aryl methyl sites for hydroxylation is 1. The summed E-state index contributed by atoms with van der Waals surface area (Å²) in [7, 11) is 1.49. The van der Waals surface area contributed by atoms with Crippen LogP contribution >= 0.6 is 0 Å². The van der Waals surface area contributed by atoms with Gasteiger partial charge in [-0.2, -0.15) is 0 Å². The maximum absolute atomic E-state index is 11.8. The SMILES string of the molecule is COc1ccc(C)cc1C(=O)NCC(N)=NO. The molecule has 6 nitrogen and oxygen atoms in total. The Morgan fingerprint density at radius 2 is 2.29 bits per heavy atom. The molecular weight excluding hydrogens is 222 g/mol. The minimum Gasteiger partial charge on any atom is -0.496 e. The predicted molar refractivity (Wildman–Crippen MR) is 63.5 cm³/mol. The first kappa shape index (κ1) is 12.8. The molecule has 1 rings (SSSR count). The van der Waals surface area contributed by atoms with Gasteiger partial charge >= 0.3 is 0 Å². The second-order valence-electron chi connectivity index (χ2n) is 3.48. The lowest BCUT2D eigenvalue weighted by Gasteiger charge is -2.09. The van der Waals surface area contributed by atoms with Crippen LogP contribution < -0.4 is 15.8 Å². The number of amides is 1. The van der Waals surface area contributed by atoms with Crippen molar-refractivity contribution in [3.05, 3.63) is 29.3 Å². The van der Waals surface area contributed by atoms with Crippen molar-refractivity contribution >= 4 is 11.7 Å². The van der Waals surface area contributed by atoms with E-state index >= 15 is 0 Å². The average Bonchev–Trinajstić information content (AvgIpc) is 2.35. The van der Waals surface area contributed by atoms with Gasteiger partial charge in [-0.1, -0.05) is 16.8 Å². The van der Waals surface area contributed by atoms with Crippen molar-refractivity contribution < 1.29 is 14.7 Å². The van der Waals surface area contributed by atoms with Gasteiger partial charge in [0, 0.05) is 0 Å². The summed E-state index contributed by atoms with van der Waals surface area (Å²) in [6.07, 6.45) is 0. The van der Waals surface area contributed by atoms with Gasteiger partial charge in [0.1, 0.15) is 5.75 Å². The quantitative estimate of drug-likeness (QED) is 0.307. The summed E-state index contributed by atoms with van der Waals surface area (Å²) >= 11 is 0. The van der Waals surface area contributed by atoms with Crippen LogP contribution in [0.25, 0.3) is 0 Å². The van der Waals surface area contributed by atoms with Crippen LogP contribution in [-0.4, -0.2) is 30.6 Å². The van der Waals surface area contributed by atoms with E-state index in [0.29, 0.717) is 11.3 Å². The van der Waals surface area contributed by atoms with Crippen molar-refractivity contribution in [2.24, 2.45) is 10.9 Å². The molecule has 4 N–H and O–H groups in total. The normalized spacial score (nSPS) is 11.1. The lowest BCUT2D eigenvalue weighted by Crippen LogP contribution is -2.33. The number of nitrogens with zero attached hydrogens (tertiary/aromatic N) is 1. The van der Waals surface area contributed by atoms with E-state index < -0.39 is 0 Å². The topological polar surface area (TPSA) is 96.9 Å². The Kier molecular flexibility index (Phi) is 4.33. The Morgan fingerprint density at radius 1 is 1.59 bits per heavy atom. The lowest BCUT2D eigenvalue weighted by molar-refractivity contribution is 0.0956. The molecule has 0 saturated carbocycles. The number of nitrogens with two attached hydrogens (primary N) is 1. The van der Waals surface area contributed by atoms with Gasteiger partial charge in [0.05, 0.1) is 19.2 Å². The third-order valence-corrected chi connectivity index (χ3v) is 2.16. The van der Waals surface area contributed by atoms with E-state index in [1.807, 2.05) is 13.0 Å². The van der Waals surface area contributed by atoms with Crippen molar-refractivity contribution in [3.63, 3.8) is 0 Å². The molecule has 17 heavy (non-hydrogen) atoms. The highest BCUT2D eigenvalue weighted by Crippen LogP contribution is 2.19. The Hall–Kier alpha value is -2.24. The van der Waals surface area contributed by atoms with E-state index in [1.165, 1.54) is 7.11 Å². The first-order valence-corrected chi connectivity index (χ1v) is 4.97. The van der Waals surface area contributed by atoms with Crippen LogP contribution in [0.1, 0.15) is 15.9 Å². The fourth-order valence-corrected chi connectivity index (χ4v) is 1.30. The molecule has 0 fully saturated rings. The van der Waals surface area contributed by atoms with Gasteiger partial charge < -0.3 is 21.0 Å². The number of hydrogen-bond acceptors (Lipinski definition) is 4.